The number of esters is 1. The first-order valence-electron chi connectivity index (χ1n) is 5.37. The topological polar surface area (TPSA) is 55.4 Å². The first-order valence-corrected chi connectivity index (χ1v) is 5.75. The zero-order valence-corrected chi connectivity index (χ0v) is 10.1. The molecule has 1 unspecified atom stereocenters. The summed E-state index contributed by atoms with van der Waals surface area (Å²) in [6, 6.07) is 4.69. The first-order chi connectivity index (χ1) is 8.11. The Balaban J connectivity index is 2.21. The number of amides is 1. The van der Waals surface area contributed by atoms with Crippen molar-refractivity contribution < 1.29 is 14.3 Å². The summed E-state index contributed by atoms with van der Waals surface area (Å²) in [5, 5.41) is 3.29. The Morgan fingerprint density at radius 3 is 3.00 bits per heavy atom. The van der Waals surface area contributed by atoms with Gasteiger partial charge < -0.3 is 10.1 Å². The number of benzene rings is 1. The number of hydrogen-bond acceptors (Lipinski definition) is 3. The van der Waals surface area contributed by atoms with E-state index < -0.39 is 0 Å². The molecule has 90 valence electrons. The van der Waals surface area contributed by atoms with Crippen LogP contribution in [0.15, 0.2) is 18.2 Å². The van der Waals surface area contributed by atoms with Gasteiger partial charge in [-0.3, -0.25) is 9.59 Å². The molecule has 0 bridgehead atoms. The number of fused-ring (bicyclic) bond motifs is 1. The highest BCUT2D eigenvalue weighted by molar-refractivity contribution is 6.30. The Labute approximate surface area is 104 Å². The SMILES string of the molecule is CCOC(=O)CC1NC(=O)c2ccc(Cl)cc21. The minimum atomic E-state index is -0.338. The van der Waals surface area contributed by atoms with E-state index in [1.807, 2.05) is 0 Å². The van der Waals surface area contributed by atoms with E-state index in [1.165, 1.54) is 0 Å². The second-order valence-electron chi connectivity index (χ2n) is 3.77. The van der Waals surface area contributed by atoms with Crippen LogP contribution in [-0.2, 0) is 9.53 Å². The fourth-order valence-electron chi connectivity index (χ4n) is 1.89. The summed E-state index contributed by atoms with van der Waals surface area (Å²) in [5.74, 6) is -0.503. The Hall–Kier alpha value is -1.55. The molecule has 4 nitrogen and oxygen atoms in total. The van der Waals surface area contributed by atoms with Gasteiger partial charge in [0.1, 0.15) is 0 Å². The Bertz CT molecular complexity index is 473. The van der Waals surface area contributed by atoms with Crippen LogP contribution in [0, 0.1) is 0 Å². The first kappa shape index (κ1) is 11.9. The molecule has 17 heavy (non-hydrogen) atoms. The number of carbonyl (C=O) groups excluding carboxylic acids is 2. The monoisotopic (exact) mass is 253 g/mol. The smallest absolute Gasteiger partial charge is 0.308 e. The Morgan fingerprint density at radius 1 is 1.53 bits per heavy atom. The summed E-state index contributed by atoms with van der Waals surface area (Å²) in [7, 11) is 0. The molecule has 1 aromatic rings. The summed E-state index contributed by atoms with van der Waals surface area (Å²) in [6.45, 7) is 2.08. The summed E-state index contributed by atoms with van der Waals surface area (Å²) in [4.78, 5) is 23.0. The molecule has 5 heteroatoms. The van der Waals surface area contributed by atoms with Crippen molar-refractivity contribution in [2.24, 2.45) is 0 Å². The van der Waals surface area contributed by atoms with Crippen molar-refractivity contribution in [2.75, 3.05) is 6.61 Å². The molecule has 1 heterocycles. The number of rotatable bonds is 3. The predicted molar refractivity (Wildman–Crippen MR) is 62.9 cm³/mol. The van der Waals surface area contributed by atoms with Crippen molar-refractivity contribution in [1.82, 2.24) is 5.32 Å². The maximum Gasteiger partial charge on any atom is 0.308 e. The minimum Gasteiger partial charge on any atom is -0.466 e. The third-order valence-corrected chi connectivity index (χ3v) is 2.85. The van der Waals surface area contributed by atoms with E-state index in [-0.39, 0.29) is 24.3 Å². The minimum absolute atomic E-state index is 0.132. The third kappa shape index (κ3) is 2.42. The van der Waals surface area contributed by atoms with Crippen LogP contribution >= 0.6 is 11.6 Å². The molecule has 2 rings (SSSR count). The molecule has 1 amide bonds. The average Bonchev–Trinajstić information content (AvgIpc) is 2.55. The summed E-state index contributed by atoms with van der Waals surface area (Å²) in [5.41, 5.74) is 1.33. The van der Waals surface area contributed by atoms with Crippen LogP contribution in [0.3, 0.4) is 0 Å². The molecule has 1 N–H and O–H groups in total. The van der Waals surface area contributed by atoms with Crippen molar-refractivity contribution in [2.45, 2.75) is 19.4 Å². The molecule has 0 saturated heterocycles. The van der Waals surface area contributed by atoms with Crippen molar-refractivity contribution in [1.29, 1.82) is 0 Å². The van der Waals surface area contributed by atoms with Crippen molar-refractivity contribution in [3.8, 4) is 0 Å². The van der Waals surface area contributed by atoms with E-state index in [0.717, 1.165) is 5.56 Å². The predicted octanol–water partition coefficient (Wildman–Crippen LogP) is 2.08. The Morgan fingerprint density at radius 2 is 2.29 bits per heavy atom. The molecular formula is C12H12ClNO3. The van der Waals surface area contributed by atoms with Crippen LogP contribution in [0.1, 0.15) is 35.3 Å². The van der Waals surface area contributed by atoms with Crippen molar-refractivity contribution in [3.63, 3.8) is 0 Å². The van der Waals surface area contributed by atoms with E-state index in [0.29, 0.717) is 17.2 Å². The van der Waals surface area contributed by atoms with Gasteiger partial charge in [0.2, 0.25) is 0 Å². The second kappa shape index (κ2) is 4.75. The molecule has 1 aliphatic rings. The summed E-state index contributed by atoms with van der Waals surface area (Å²) in [6.07, 6.45) is 0.132. The van der Waals surface area contributed by atoms with E-state index in [2.05, 4.69) is 5.32 Å². The number of halogens is 1. The number of carbonyl (C=O) groups is 2. The average molecular weight is 254 g/mol. The van der Waals surface area contributed by atoms with Crippen molar-refractivity contribution in [3.05, 3.63) is 34.3 Å². The fourth-order valence-corrected chi connectivity index (χ4v) is 2.07. The van der Waals surface area contributed by atoms with Gasteiger partial charge >= 0.3 is 5.97 Å². The lowest BCUT2D eigenvalue weighted by atomic mass is 10.0. The number of ether oxygens (including phenoxy) is 1. The molecule has 0 aliphatic carbocycles. The molecule has 0 fully saturated rings. The zero-order valence-electron chi connectivity index (χ0n) is 9.33. The molecule has 0 saturated carbocycles. The maximum absolute atomic E-state index is 11.6. The molecule has 1 aromatic carbocycles. The van der Waals surface area contributed by atoms with Gasteiger partial charge in [0.15, 0.2) is 0 Å². The quantitative estimate of drug-likeness (QED) is 0.839. The molecule has 0 aromatic heterocycles. The Kier molecular flexibility index (Phi) is 3.33. The van der Waals surface area contributed by atoms with Crippen LogP contribution in [0.25, 0.3) is 0 Å². The molecule has 1 aliphatic heterocycles. The van der Waals surface area contributed by atoms with Gasteiger partial charge in [-0.05, 0) is 30.7 Å². The normalized spacial score (nSPS) is 17.5. The van der Waals surface area contributed by atoms with Crippen molar-refractivity contribution >= 4 is 23.5 Å². The van der Waals surface area contributed by atoms with Gasteiger partial charge in [0, 0.05) is 10.6 Å². The largest absolute Gasteiger partial charge is 0.466 e. The van der Waals surface area contributed by atoms with E-state index in [9.17, 15) is 9.59 Å². The van der Waals surface area contributed by atoms with Crippen LogP contribution in [0.2, 0.25) is 5.02 Å². The van der Waals surface area contributed by atoms with Gasteiger partial charge in [0.05, 0.1) is 19.1 Å². The lowest BCUT2D eigenvalue weighted by Crippen LogP contribution is -2.22. The molecular weight excluding hydrogens is 242 g/mol. The van der Waals surface area contributed by atoms with E-state index >= 15 is 0 Å². The number of hydrogen-bond donors (Lipinski definition) is 1. The summed E-state index contributed by atoms with van der Waals surface area (Å²) < 4.78 is 4.86. The van der Waals surface area contributed by atoms with Crippen LogP contribution in [-0.4, -0.2) is 18.5 Å². The summed E-state index contributed by atoms with van der Waals surface area (Å²) >= 11 is 5.88. The van der Waals surface area contributed by atoms with Gasteiger partial charge in [0.25, 0.3) is 5.91 Å². The molecule has 0 spiro atoms. The lowest BCUT2D eigenvalue weighted by Gasteiger charge is -2.10. The fraction of sp³-hybridized carbons (Fsp3) is 0.333. The van der Waals surface area contributed by atoms with E-state index in [1.54, 1.807) is 25.1 Å². The van der Waals surface area contributed by atoms with Crippen LogP contribution in [0.5, 0.6) is 0 Å². The van der Waals surface area contributed by atoms with Gasteiger partial charge in [-0.2, -0.15) is 0 Å². The molecule has 1 atom stereocenters. The maximum atomic E-state index is 11.6. The van der Waals surface area contributed by atoms with Crippen LogP contribution in [0.4, 0.5) is 0 Å². The zero-order chi connectivity index (χ0) is 12.4. The highest BCUT2D eigenvalue weighted by Gasteiger charge is 2.30. The highest BCUT2D eigenvalue weighted by Crippen LogP contribution is 2.30. The number of nitrogens with one attached hydrogen (secondary N) is 1. The van der Waals surface area contributed by atoms with Gasteiger partial charge in [-0.15, -0.1) is 0 Å². The third-order valence-electron chi connectivity index (χ3n) is 2.62. The second-order valence-corrected chi connectivity index (χ2v) is 4.20. The molecule has 0 radical (unpaired) electrons. The van der Waals surface area contributed by atoms with Crippen LogP contribution < -0.4 is 5.32 Å². The lowest BCUT2D eigenvalue weighted by molar-refractivity contribution is -0.143. The van der Waals surface area contributed by atoms with Gasteiger partial charge in [-0.25, -0.2) is 0 Å². The standard InChI is InChI=1S/C12H12ClNO3/c1-2-17-11(15)6-10-9-5-7(13)3-4-8(9)12(16)14-10/h3-5,10H,2,6H2,1H3,(H,14,16). The van der Waals surface area contributed by atoms with E-state index in [4.69, 9.17) is 16.3 Å². The van der Waals surface area contributed by atoms with Gasteiger partial charge in [-0.1, -0.05) is 11.6 Å². The highest BCUT2D eigenvalue weighted by atomic mass is 35.5.